The quantitative estimate of drug-likeness (QED) is 0.603. The average Bonchev–Trinajstić information content (AvgIpc) is 2.97. The zero-order valence-electron chi connectivity index (χ0n) is 17.3. The van der Waals surface area contributed by atoms with Crippen molar-refractivity contribution >= 4 is 23.8 Å². The molecule has 0 radical (unpaired) electrons. The van der Waals surface area contributed by atoms with Gasteiger partial charge in [-0.1, -0.05) is 30.3 Å². The zero-order chi connectivity index (χ0) is 23.5. The molecule has 8 nitrogen and oxygen atoms in total. The van der Waals surface area contributed by atoms with Crippen LogP contribution in [-0.2, 0) is 26.5 Å². The van der Waals surface area contributed by atoms with Gasteiger partial charge < -0.3 is 16.0 Å². The molecule has 168 valence electrons. The van der Waals surface area contributed by atoms with Crippen LogP contribution in [0.15, 0.2) is 48.5 Å². The standard InChI is InChI=1S/C22H22F2N4O4/c1-22(16-11-15(23)7-8-17(16)24)20(31)28(21(32)26-22)13-19(30)27(10-9-18(25)29)12-14-5-3-2-4-6-14/h2-8,11H,9-10,12-13H2,1H3,(H2,25,29)(H,26,32). The number of carbonyl (C=O) groups excluding carboxylic acids is 4. The third kappa shape index (κ3) is 4.74. The minimum absolute atomic E-state index is 0.0114. The Bertz CT molecular complexity index is 1060. The van der Waals surface area contributed by atoms with Crippen LogP contribution >= 0.6 is 0 Å². The van der Waals surface area contributed by atoms with Crippen LogP contribution in [0.4, 0.5) is 13.6 Å². The van der Waals surface area contributed by atoms with Gasteiger partial charge in [0.15, 0.2) is 0 Å². The van der Waals surface area contributed by atoms with Crippen LogP contribution in [0.25, 0.3) is 0 Å². The van der Waals surface area contributed by atoms with E-state index >= 15 is 0 Å². The lowest BCUT2D eigenvalue weighted by molar-refractivity contribution is -0.139. The molecule has 2 aromatic carbocycles. The van der Waals surface area contributed by atoms with Crippen molar-refractivity contribution in [2.24, 2.45) is 5.73 Å². The Labute approximate surface area is 183 Å². The summed E-state index contributed by atoms with van der Waals surface area (Å²) in [6, 6.07) is 10.6. The first-order chi connectivity index (χ1) is 15.1. The van der Waals surface area contributed by atoms with E-state index < -0.39 is 47.5 Å². The van der Waals surface area contributed by atoms with Gasteiger partial charge in [-0.15, -0.1) is 0 Å². The highest BCUT2D eigenvalue weighted by Crippen LogP contribution is 2.31. The second-order valence-corrected chi connectivity index (χ2v) is 7.59. The lowest BCUT2D eigenvalue weighted by atomic mass is 9.91. The highest BCUT2D eigenvalue weighted by atomic mass is 19.1. The molecule has 3 rings (SSSR count). The maximum atomic E-state index is 14.3. The predicted octanol–water partition coefficient (Wildman–Crippen LogP) is 1.64. The van der Waals surface area contributed by atoms with Crippen molar-refractivity contribution in [3.05, 3.63) is 71.3 Å². The number of nitrogens with zero attached hydrogens (tertiary/aromatic N) is 2. The van der Waals surface area contributed by atoms with Crippen molar-refractivity contribution in [2.45, 2.75) is 25.4 Å². The molecule has 5 amide bonds. The van der Waals surface area contributed by atoms with Gasteiger partial charge in [0.2, 0.25) is 11.8 Å². The Hall–Kier alpha value is -3.82. The van der Waals surface area contributed by atoms with Crippen molar-refractivity contribution in [2.75, 3.05) is 13.1 Å². The molecule has 1 heterocycles. The number of rotatable bonds is 8. The van der Waals surface area contributed by atoms with Crippen LogP contribution in [-0.4, -0.2) is 46.6 Å². The Balaban J connectivity index is 1.81. The molecule has 1 atom stereocenters. The Morgan fingerprint density at radius 3 is 2.47 bits per heavy atom. The summed E-state index contributed by atoms with van der Waals surface area (Å²) in [6.07, 6.45) is -0.106. The van der Waals surface area contributed by atoms with E-state index in [1.54, 1.807) is 30.3 Å². The average molecular weight is 444 g/mol. The minimum Gasteiger partial charge on any atom is -0.370 e. The number of imide groups is 1. The van der Waals surface area contributed by atoms with Crippen LogP contribution in [0.3, 0.4) is 0 Å². The molecule has 32 heavy (non-hydrogen) atoms. The summed E-state index contributed by atoms with van der Waals surface area (Å²) in [6.45, 7) is 0.724. The van der Waals surface area contributed by atoms with E-state index in [1.807, 2.05) is 0 Å². The summed E-state index contributed by atoms with van der Waals surface area (Å²) >= 11 is 0. The van der Waals surface area contributed by atoms with Gasteiger partial charge in [-0.05, 0) is 30.7 Å². The molecule has 3 N–H and O–H groups in total. The van der Waals surface area contributed by atoms with Crippen LogP contribution in [0.1, 0.15) is 24.5 Å². The van der Waals surface area contributed by atoms with E-state index in [4.69, 9.17) is 5.73 Å². The first kappa shape index (κ1) is 22.9. The first-order valence-electron chi connectivity index (χ1n) is 9.81. The molecule has 0 aliphatic carbocycles. The zero-order valence-corrected chi connectivity index (χ0v) is 17.3. The van der Waals surface area contributed by atoms with E-state index in [-0.39, 0.29) is 25.1 Å². The Morgan fingerprint density at radius 2 is 1.81 bits per heavy atom. The fourth-order valence-electron chi connectivity index (χ4n) is 3.48. The second kappa shape index (κ2) is 9.13. The maximum Gasteiger partial charge on any atom is 0.325 e. The van der Waals surface area contributed by atoms with Crippen molar-refractivity contribution in [3.63, 3.8) is 0 Å². The van der Waals surface area contributed by atoms with E-state index in [9.17, 15) is 28.0 Å². The van der Waals surface area contributed by atoms with Crippen molar-refractivity contribution < 1.29 is 28.0 Å². The molecule has 2 aromatic rings. The number of nitrogens with two attached hydrogens (primary N) is 1. The van der Waals surface area contributed by atoms with Crippen LogP contribution < -0.4 is 11.1 Å². The van der Waals surface area contributed by atoms with Gasteiger partial charge in [0.25, 0.3) is 5.91 Å². The largest absolute Gasteiger partial charge is 0.370 e. The second-order valence-electron chi connectivity index (χ2n) is 7.59. The molecule has 0 bridgehead atoms. The molecule has 10 heteroatoms. The van der Waals surface area contributed by atoms with Crippen molar-refractivity contribution in [3.8, 4) is 0 Å². The molecule has 0 aromatic heterocycles. The van der Waals surface area contributed by atoms with Gasteiger partial charge in [0, 0.05) is 25.1 Å². The van der Waals surface area contributed by atoms with E-state index in [0.717, 1.165) is 23.8 Å². The first-order valence-corrected chi connectivity index (χ1v) is 9.81. The number of hydrogen-bond acceptors (Lipinski definition) is 4. The molecule has 1 aliphatic heterocycles. The normalized spacial score (nSPS) is 17.9. The topological polar surface area (TPSA) is 113 Å². The fraction of sp³-hybridized carbons (Fsp3) is 0.273. The fourth-order valence-corrected chi connectivity index (χ4v) is 3.48. The lowest BCUT2D eigenvalue weighted by Gasteiger charge is -2.25. The molecular formula is C22H22F2N4O4. The summed E-state index contributed by atoms with van der Waals surface area (Å²) in [5, 5.41) is 2.34. The number of benzene rings is 2. The van der Waals surface area contributed by atoms with Gasteiger partial charge in [0.1, 0.15) is 23.7 Å². The van der Waals surface area contributed by atoms with Gasteiger partial charge in [-0.3, -0.25) is 19.3 Å². The summed E-state index contributed by atoms with van der Waals surface area (Å²) in [7, 11) is 0. The molecule has 1 unspecified atom stereocenters. The van der Waals surface area contributed by atoms with Crippen molar-refractivity contribution in [1.29, 1.82) is 0 Å². The summed E-state index contributed by atoms with van der Waals surface area (Å²) < 4.78 is 28.0. The van der Waals surface area contributed by atoms with Gasteiger partial charge in [0.05, 0.1) is 0 Å². The highest BCUT2D eigenvalue weighted by molar-refractivity contribution is 6.09. The highest BCUT2D eigenvalue weighted by Gasteiger charge is 2.51. The number of urea groups is 1. The van der Waals surface area contributed by atoms with E-state index in [0.29, 0.717) is 4.90 Å². The van der Waals surface area contributed by atoms with Crippen LogP contribution in [0.2, 0.25) is 0 Å². The van der Waals surface area contributed by atoms with Crippen LogP contribution in [0, 0.1) is 11.6 Å². The van der Waals surface area contributed by atoms with E-state index in [2.05, 4.69) is 5.32 Å². The van der Waals surface area contributed by atoms with Crippen LogP contribution in [0.5, 0.6) is 0 Å². The third-order valence-electron chi connectivity index (χ3n) is 5.23. The smallest absolute Gasteiger partial charge is 0.325 e. The van der Waals surface area contributed by atoms with Crippen molar-refractivity contribution in [1.82, 2.24) is 15.1 Å². The van der Waals surface area contributed by atoms with Gasteiger partial charge in [-0.25, -0.2) is 13.6 Å². The minimum atomic E-state index is -1.87. The third-order valence-corrected chi connectivity index (χ3v) is 5.23. The monoisotopic (exact) mass is 444 g/mol. The molecule has 0 saturated carbocycles. The SMILES string of the molecule is CC1(c2cc(F)ccc2F)NC(=O)N(CC(=O)N(CCC(N)=O)Cc2ccccc2)C1=O. The van der Waals surface area contributed by atoms with E-state index in [1.165, 1.54) is 11.8 Å². The number of halogens is 2. The number of amides is 5. The predicted molar refractivity (Wildman–Crippen MR) is 110 cm³/mol. The molecular weight excluding hydrogens is 422 g/mol. The number of carbonyl (C=O) groups is 4. The molecule has 1 fully saturated rings. The lowest BCUT2D eigenvalue weighted by Crippen LogP contribution is -2.45. The summed E-state index contributed by atoms with van der Waals surface area (Å²) in [4.78, 5) is 51.6. The molecule has 0 spiro atoms. The number of nitrogens with one attached hydrogen (secondary N) is 1. The Morgan fingerprint density at radius 1 is 1.12 bits per heavy atom. The summed E-state index contributed by atoms with van der Waals surface area (Å²) in [5.41, 5.74) is 3.75. The Kier molecular flexibility index (Phi) is 6.52. The molecule has 1 aliphatic rings. The van der Waals surface area contributed by atoms with Gasteiger partial charge in [-0.2, -0.15) is 0 Å². The molecule has 1 saturated heterocycles. The van der Waals surface area contributed by atoms with Gasteiger partial charge >= 0.3 is 6.03 Å². The maximum absolute atomic E-state index is 14.3. The summed E-state index contributed by atoms with van der Waals surface area (Å²) in [5.74, 6) is -3.76. The number of primary amides is 1. The number of hydrogen-bond donors (Lipinski definition) is 2.